The smallest absolute Gasteiger partial charge is 0.0656 e. The van der Waals surface area contributed by atoms with E-state index in [4.69, 9.17) is 10.4 Å². The van der Waals surface area contributed by atoms with Crippen LogP contribution in [0.25, 0.3) is 0 Å². The largest absolute Gasteiger partial charge is 0.396 e. The van der Waals surface area contributed by atoms with Gasteiger partial charge in [-0.25, -0.2) is 0 Å². The standard InChI is InChI=1S/C16H22N2OS/c17-12-13-3-1-4-15(11-13)18-14-5-7-16(8-6-14)20-10-2-9-19/h5-8,13,15,18-19H,1-4,9-11H2. The monoisotopic (exact) mass is 290 g/mol. The summed E-state index contributed by atoms with van der Waals surface area (Å²) in [5, 5.41) is 21.3. The molecule has 0 radical (unpaired) electrons. The second kappa shape index (κ2) is 8.18. The van der Waals surface area contributed by atoms with E-state index < -0.39 is 0 Å². The van der Waals surface area contributed by atoms with Crippen LogP contribution in [0.15, 0.2) is 29.2 Å². The Labute approximate surface area is 125 Å². The van der Waals surface area contributed by atoms with Gasteiger partial charge in [-0.2, -0.15) is 5.26 Å². The van der Waals surface area contributed by atoms with Gasteiger partial charge in [-0.1, -0.05) is 6.42 Å². The molecule has 2 atom stereocenters. The Morgan fingerprint density at radius 2 is 2.10 bits per heavy atom. The summed E-state index contributed by atoms with van der Waals surface area (Å²) in [4.78, 5) is 1.24. The van der Waals surface area contributed by atoms with Crippen molar-refractivity contribution in [3.05, 3.63) is 24.3 Å². The summed E-state index contributed by atoms with van der Waals surface area (Å²) in [5.41, 5.74) is 1.14. The van der Waals surface area contributed by atoms with Crippen LogP contribution in [0.1, 0.15) is 32.1 Å². The third-order valence-electron chi connectivity index (χ3n) is 3.65. The maximum atomic E-state index is 9.02. The highest BCUT2D eigenvalue weighted by molar-refractivity contribution is 7.99. The topological polar surface area (TPSA) is 56.0 Å². The summed E-state index contributed by atoms with van der Waals surface area (Å²) in [5.74, 6) is 1.17. The van der Waals surface area contributed by atoms with Crippen LogP contribution in [0.4, 0.5) is 5.69 Å². The summed E-state index contributed by atoms with van der Waals surface area (Å²) in [6.45, 7) is 0.258. The van der Waals surface area contributed by atoms with Crippen molar-refractivity contribution >= 4 is 17.4 Å². The number of thioether (sulfide) groups is 1. The molecule has 1 aliphatic rings. The molecule has 2 rings (SSSR count). The van der Waals surface area contributed by atoms with Crippen LogP contribution in [0.2, 0.25) is 0 Å². The Morgan fingerprint density at radius 3 is 2.80 bits per heavy atom. The number of benzene rings is 1. The summed E-state index contributed by atoms with van der Waals surface area (Å²) < 4.78 is 0. The van der Waals surface area contributed by atoms with Gasteiger partial charge in [0.1, 0.15) is 0 Å². The molecular weight excluding hydrogens is 268 g/mol. The van der Waals surface area contributed by atoms with E-state index in [1.54, 1.807) is 11.8 Å². The first-order chi connectivity index (χ1) is 9.81. The Balaban J connectivity index is 1.82. The highest BCUT2D eigenvalue weighted by Gasteiger charge is 2.21. The molecule has 0 saturated heterocycles. The molecule has 0 bridgehead atoms. The molecule has 20 heavy (non-hydrogen) atoms. The maximum absolute atomic E-state index is 9.02. The molecule has 1 aliphatic carbocycles. The second-order valence-corrected chi connectivity index (χ2v) is 6.45. The van der Waals surface area contributed by atoms with Crippen LogP contribution in [-0.2, 0) is 0 Å². The lowest BCUT2D eigenvalue weighted by Gasteiger charge is -2.27. The van der Waals surface area contributed by atoms with Crippen molar-refractivity contribution in [2.24, 2.45) is 5.92 Å². The molecule has 0 spiro atoms. The van der Waals surface area contributed by atoms with Crippen molar-refractivity contribution in [1.29, 1.82) is 5.26 Å². The lowest BCUT2D eigenvalue weighted by molar-refractivity contribution is 0.296. The highest BCUT2D eigenvalue weighted by Crippen LogP contribution is 2.27. The van der Waals surface area contributed by atoms with Gasteiger partial charge in [0.05, 0.1) is 6.07 Å². The maximum Gasteiger partial charge on any atom is 0.0656 e. The number of nitrogens with one attached hydrogen (secondary N) is 1. The molecule has 4 heteroatoms. The molecule has 1 aromatic carbocycles. The molecule has 108 valence electrons. The summed E-state index contributed by atoms with van der Waals surface area (Å²) >= 11 is 1.77. The Kier molecular flexibility index (Phi) is 6.23. The number of aliphatic hydroxyl groups excluding tert-OH is 1. The van der Waals surface area contributed by atoms with E-state index in [1.165, 1.54) is 4.90 Å². The molecule has 1 aromatic rings. The fourth-order valence-corrected chi connectivity index (χ4v) is 3.41. The van der Waals surface area contributed by atoms with Crippen LogP contribution in [0, 0.1) is 17.2 Å². The van der Waals surface area contributed by atoms with Crippen LogP contribution in [0.5, 0.6) is 0 Å². The Hall–Kier alpha value is -1.18. The van der Waals surface area contributed by atoms with Gasteiger partial charge in [-0.05, 0) is 49.9 Å². The number of rotatable bonds is 6. The number of nitrogens with zero attached hydrogens (tertiary/aromatic N) is 1. The zero-order chi connectivity index (χ0) is 14.2. The number of nitriles is 1. The molecule has 2 N–H and O–H groups in total. The van der Waals surface area contributed by atoms with E-state index in [0.717, 1.165) is 43.5 Å². The SMILES string of the molecule is N#CC1CCCC(Nc2ccc(SCCCO)cc2)C1. The molecule has 3 nitrogen and oxygen atoms in total. The van der Waals surface area contributed by atoms with E-state index in [2.05, 4.69) is 35.7 Å². The fraction of sp³-hybridized carbons (Fsp3) is 0.562. The van der Waals surface area contributed by atoms with Crippen molar-refractivity contribution in [1.82, 2.24) is 0 Å². The average Bonchev–Trinajstić information content (AvgIpc) is 2.49. The highest BCUT2D eigenvalue weighted by atomic mass is 32.2. The first-order valence-corrected chi connectivity index (χ1v) is 8.30. The molecule has 0 heterocycles. The number of aliphatic hydroxyl groups is 1. The summed E-state index contributed by atoms with van der Waals surface area (Å²) in [7, 11) is 0. The van der Waals surface area contributed by atoms with E-state index in [9.17, 15) is 0 Å². The molecular formula is C16H22N2OS. The van der Waals surface area contributed by atoms with Crippen LogP contribution in [-0.4, -0.2) is 23.5 Å². The summed E-state index contributed by atoms with van der Waals surface area (Å²) in [6.07, 6.45) is 5.15. The van der Waals surface area contributed by atoms with Crippen LogP contribution in [0.3, 0.4) is 0 Å². The van der Waals surface area contributed by atoms with Crippen molar-refractivity contribution in [2.45, 2.75) is 43.0 Å². The average molecular weight is 290 g/mol. The van der Waals surface area contributed by atoms with Crippen molar-refractivity contribution in [3.63, 3.8) is 0 Å². The van der Waals surface area contributed by atoms with Gasteiger partial charge in [0.2, 0.25) is 0 Å². The van der Waals surface area contributed by atoms with Gasteiger partial charge in [-0.3, -0.25) is 0 Å². The second-order valence-electron chi connectivity index (χ2n) is 5.28. The third kappa shape index (κ3) is 4.73. The molecule has 2 unspecified atom stereocenters. The van der Waals surface area contributed by atoms with Gasteiger partial charge >= 0.3 is 0 Å². The molecule has 1 fully saturated rings. The molecule has 0 amide bonds. The predicted octanol–water partition coefficient (Wildman–Crippen LogP) is 3.66. The minimum absolute atomic E-state index is 0.217. The summed E-state index contributed by atoms with van der Waals surface area (Å²) in [6, 6.07) is 11.3. The van der Waals surface area contributed by atoms with E-state index in [-0.39, 0.29) is 12.5 Å². The Morgan fingerprint density at radius 1 is 1.30 bits per heavy atom. The number of hydrogen-bond acceptors (Lipinski definition) is 4. The first kappa shape index (κ1) is 15.2. The van der Waals surface area contributed by atoms with Crippen molar-refractivity contribution in [2.75, 3.05) is 17.7 Å². The van der Waals surface area contributed by atoms with E-state index >= 15 is 0 Å². The molecule has 1 saturated carbocycles. The normalized spacial score (nSPS) is 22.2. The van der Waals surface area contributed by atoms with Gasteiger partial charge in [0, 0.05) is 34.9 Å². The van der Waals surface area contributed by atoms with Crippen molar-refractivity contribution in [3.8, 4) is 6.07 Å². The number of hydrogen-bond donors (Lipinski definition) is 2. The zero-order valence-electron chi connectivity index (χ0n) is 11.7. The lowest BCUT2D eigenvalue weighted by atomic mass is 9.86. The van der Waals surface area contributed by atoms with Crippen LogP contribution < -0.4 is 5.32 Å². The van der Waals surface area contributed by atoms with Gasteiger partial charge < -0.3 is 10.4 Å². The minimum Gasteiger partial charge on any atom is -0.396 e. The third-order valence-corrected chi connectivity index (χ3v) is 4.75. The van der Waals surface area contributed by atoms with E-state index in [1.807, 2.05) is 0 Å². The lowest BCUT2D eigenvalue weighted by Crippen LogP contribution is -2.26. The fourth-order valence-electron chi connectivity index (χ4n) is 2.58. The van der Waals surface area contributed by atoms with E-state index in [0.29, 0.717) is 6.04 Å². The molecule has 0 aliphatic heterocycles. The quantitative estimate of drug-likeness (QED) is 0.620. The number of anilines is 1. The van der Waals surface area contributed by atoms with Crippen LogP contribution >= 0.6 is 11.8 Å². The minimum atomic E-state index is 0.217. The first-order valence-electron chi connectivity index (χ1n) is 7.31. The van der Waals surface area contributed by atoms with Gasteiger partial charge in [-0.15, -0.1) is 11.8 Å². The van der Waals surface area contributed by atoms with Gasteiger partial charge in [0.25, 0.3) is 0 Å². The molecule has 0 aromatic heterocycles. The predicted molar refractivity (Wildman–Crippen MR) is 83.9 cm³/mol. The van der Waals surface area contributed by atoms with Crippen molar-refractivity contribution < 1.29 is 5.11 Å². The van der Waals surface area contributed by atoms with Gasteiger partial charge in [0.15, 0.2) is 0 Å². The Bertz CT molecular complexity index is 441. The zero-order valence-corrected chi connectivity index (χ0v) is 12.5.